The first-order valence-electron chi connectivity index (χ1n) is 13.1. The number of hydrogen-bond acceptors (Lipinski definition) is 0. The molecule has 0 saturated carbocycles. The molecule has 1 aromatic rings. The summed E-state index contributed by atoms with van der Waals surface area (Å²) in [6.45, 7) is 20.1. The molecule has 0 N–H and O–H groups in total. The zero-order chi connectivity index (χ0) is 24.1. The van der Waals surface area contributed by atoms with E-state index < -0.39 is 0 Å². The Kier molecular flexibility index (Phi) is 12.7. The largest absolute Gasteiger partial charge is 0.0888 e. The van der Waals surface area contributed by atoms with Crippen molar-refractivity contribution in [3.8, 4) is 0 Å². The van der Waals surface area contributed by atoms with E-state index in [2.05, 4.69) is 111 Å². The number of benzene rings is 1. The molecular weight excluding hydrogens is 384 g/mol. The molecule has 3 rings (SSSR count). The van der Waals surface area contributed by atoms with Gasteiger partial charge in [-0.2, -0.15) is 0 Å². The number of fused-ring (bicyclic) bond motifs is 1. The van der Waals surface area contributed by atoms with E-state index in [9.17, 15) is 0 Å². The minimum atomic E-state index is 0.0915. The molecule has 0 spiro atoms. The maximum absolute atomic E-state index is 2.48. The van der Waals surface area contributed by atoms with E-state index in [1.807, 2.05) is 0 Å². The van der Waals surface area contributed by atoms with Crippen LogP contribution in [0.4, 0.5) is 0 Å². The van der Waals surface area contributed by atoms with Gasteiger partial charge in [0, 0.05) is 5.41 Å². The fourth-order valence-electron chi connectivity index (χ4n) is 4.86. The quantitative estimate of drug-likeness (QED) is 0.404. The lowest BCUT2D eigenvalue weighted by molar-refractivity contribution is 0.522. The van der Waals surface area contributed by atoms with Gasteiger partial charge in [0.25, 0.3) is 0 Å². The highest BCUT2D eigenvalue weighted by molar-refractivity contribution is 5.64. The number of hydrogen-bond donors (Lipinski definition) is 0. The average molecular weight is 435 g/mol. The summed E-state index contributed by atoms with van der Waals surface area (Å²) in [5.74, 6) is 0.660. The summed E-state index contributed by atoms with van der Waals surface area (Å²) in [5, 5.41) is 0. The first kappa shape index (κ1) is 28.2. The molecule has 0 nitrogen and oxygen atoms in total. The van der Waals surface area contributed by atoms with Gasteiger partial charge in [-0.1, -0.05) is 127 Å². The van der Waals surface area contributed by atoms with Gasteiger partial charge in [0.2, 0.25) is 0 Å². The molecule has 1 unspecified atom stereocenters. The fourth-order valence-corrected chi connectivity index (χ4v) is 4.86. The monoisotopic (exact) mass is 434 g/mol. The zero-order valence-electron chi connectivity index (χ0n) is 22.6. The lowest BCUT2D eigenvalue weighted by atomic mass is 9.61. The van der Waals surface area contributed by atoms with Gasteiger partial charge in [0.05, 0.1) is 0 Å². The summed E-state index contributed by atoms with van der Waals surface area (Å²) in [7, 11) is 0. The fraction of sp³-hybridized carbons (Fsp3) is 0.562. The summed E-state index contributed by atoms with van der Waals surface area (Å²) in [5.41, 5.74) is 9.35. The van der Waals surface area contributed by atoms with Gasteiger partial charge in [-0.3, -0.25) is 0 Å². The number of allylic oxidation sites excluding steroid dienone is 7. The third kappa shape index (κ3) is 7.09. The highest BCUT2D eigenvalue weighted by Gasteiger charge is 2.38. The van der Waals surface area contributed by atoms with Gasteiger partial charge in [0.15, 0.2) is 0 Å². The minimum absolute atomic E-state index is 0.0915. The molecule has 178 valence electrons. The second-order valence-corrected chi connectivity index (χ2v) is 9.72. The molecular formula is C32H50. The van der Waals surface area contributed by atoms with Gasteiger partial charge in [-0.05, 0) is 67.7 Å². The molecule has 0 bridgehead atoms. The molecule has 1 atom stereocenters. The van der Waals surface area contributed by atoms with Crippen LogP contribution in [0.2, 0.25) is 0 Å². The van der Waals surface area contributed by atoms with Crippen molar-refractivity contribution in [3.63, 3.8) is 0 Å². The van der Waals surface area contributed by atoms with E-state index in [-0.39, 0.29) is 5.41 Å². The maximum Gasteiger partial charge on any atom is 0.0151 e. The van der Waals surface area contributed by atoms with E-state index in [1.54, 1.807) is 16.7 Å². The van der Waals surface area contributed by atoms with Crippen LogP contribution in [0, 0.1) is 5.92 Å². The second kappa shape index (κ2) is 14.4. The Labute approximate surface area is 200 Å². The third-order valence-corrected chi connectivity index (χ3v) is 6.46. The smallest absolute Gasteiger partial charge is 0.0151 e. The first-order valence-corrected chi connectivity index (χ1v) is 13.1. The predicted octanol–water partition coefficient (Wildman–Crippen LogP) is 10.4. The first-order chi connectivity index (χ1) is 15.3. The van der Waals surface area contributed by atoms with Gasteiger partial charge in [-0.25, -0.2) is 0 Å². The van der Waals surface area contributed by atoms with Crippen molar-refractivity contribution in [2.45, 2.75) is 113 Å². The van der Waals surface area contributed by atoms with Gasteiger partial charge in [0.1, 0.15) is 0 Å². The van der Waals surface area contributed by atoms with Crippen LogP contribution in [0.15, 0.2) is 59.2 Å². The van der Waals surface area contributed by atoms with Crippen LogP contribution < -0.4 is 0 Å². The summed E-state index contributed by atoms with van der Waals surface area (Å²) < 4.78 is 0. The molecule has 0 radical (unpaired) electrons. The molecule has 0 amide bonds. The molecule has 2 aliphatic carbocycles. The Bertz CT molecular complexity index is 808. The highest BCUT2D eigenvalue weighted by Crippen LogP contribution is 2.50. The maximum atomic E-state index is 2.48. The Morgan fingerprint density at radius 2 is 1.66 bits per heavy atom. The lowest BCUT2D eigenvalue weighted by Crippen LogP contribution is -2.32. The van der Waals surface area contributed by atoms with Crippen LogP contribution in [-0.2, 0) is 11.8 Å². The van der Waals surface area contributed by atoms with Crippen LogP contribution >= 0.6 is 0 Å². The van der Waals surface area contributed by atoms with Crippen LogP contribution in [0.25, 0.3) is 6.08 Å². The molecule has 0 fully saturated rings. The van der Waals surface area contributed by atoms with Crippen LogP contribution in [0.5, 0.6) is 0 Å². The van der Waals surface area contributed by atoms with Crippen LogP contribution in [0.1, 0.15) is 118 Å². The second-order valence-electron chi connectivity index (χ2n) is 9.72. The summed E-state index contributed by atoms with van der Waals surface area (Å²) in [6, 6.07) is 6.85. The topological polar surface area (TPSA) is 0 Å². The highest BCUT2D eigenvalue weighted by atomic mass is 14.4. The molecule has 0 saturated heterocycles. The van der Waals surface area contributed by atoms with Gasteiger partial charge >= 0.3 is 0 Å². The van der Waals surface area contributed by atoms with Crippen LogP contribution in [0.3, 0.4) is 0 Å². The predicted molar refractivity (Wildman–Crippen MR) is 147 cm³/mol. The Morgan fingerprint density at radius 3 is 2.22 bits per heavy atom. The van der Waals surface area contributed by atoms with Gasteiger partial charge < -0.3 is 0 Å². The molecule has 1 aromatic carbocycles. The van der Waals surface area contributed by atoms with Gasteiger partial charge in [-0.15, -0.1) is 0 Å². The summed E-state index contributed by atoms with van der Waals surface area (Å²) >= 11 is 0. The number of unbranched alkanes of at least 4 members (excludes halogenated alkanes) is 1. The third-order valence-electron chi connectivity index (χ3n) is 6.46. The lowest BCUT2D eigenvalue weighted by Gasteiger charge is -2.43. The van der Waals surface area contributed by atoms with E-state index >= 15 is 0 Å². The SMILES string of the molecule is C/C=C\c1cccc2c1CC1=C(C(C)=CCC1CC=CCC)C2(C)C.CCC.CCCC. The molecule has 2 aliphatic rings. The molecule has 32 heavy (non-hydrogen) atoms. The van der Waals surface area contributed by atoms with Crippen molar-refractivity contribution < 1.29 is 0 Å². The van der Waals surface area contributed by atoms with E-state index in [4.69, 9.17) is 0 Å². The Morgan fingerprint density at radius 1 is 1.00 bits per heavy atom. The standard InChI is InChI=1S/C25H32.C4H10.C3H8/c1-6-8-9-12-20-16-15-18(3)24-22(20)17-21-19(11-7-2)13-10-14-23(21)25(24,4)5;1-3-4-2;1-3-2/h7-11,13-15,20H,6,12,16-17H2,1-5H3;3-4H2,1-2H3;3H2,1-2H3/b9-8?,11-7-;;. The minimum Gasteiger partial charge on any atom is -0.0888 e. The van der Waals surface area contributed by atoms with Crippen molar-refractivity contribution in [1.82, 2.24) is 0 Å². The van der Waals surface area contributed by atoms with E-state index in [1.165, 1.54) is 48.8 Å². The van der Waals surface area contributed by atoms with Crippen LogP contribution in [-0.4, -0.2) is 0 Å². The molecule has 0 heteroatoms. The van der Waals surface area contributed by atoms with Crippen molar-refractivity contribution in [2.75, 3.05) is 0 Å². The summed E-state index contributed by atoms with van der Waals surface area (Å²) in [4.78, 5) is 0. The molecule has 0 aliphatic heterocycles. The van der Waals surface area contributed by atoms with E-state index in [0.29, 0.717) is 5.92 Å². The Balaban J connectivity index is 0.000000645. The van der Waals surface area contributed by atoms with Crippen molar-refractivity contribution in [3.05, 3.63) is 75.9 Å². The average Bonchev–Trinajstić information content (AvgIpc) is 2.76. The van der Waals surface area contributed by atoms with Crippen molar-refractivity contribution in [2.24, 2.45) is 5.92 Å². The summed E-state index contributed by atoms with van der Waals surface area (Å²) in [6.07, 6.45) is 20.1. The molecule has 0 heterocycles. The molecule has 0 aromatic heterocycles. The normalized spacial score (nSPS) is 18.9. The van der Waals surface area contributed by atoms with Crippen molar-refractivity contribution in [1.29, 1.82) is 0 Å². The van der Waals surface area contributed by atoms with E-state index in [0.717, 1.165) is 12.8 Å². The number of rotatable bonds is 5. The Hall–Kier alpha value is -1.82. The van der Waals surface area contributed by atoms with Crippen molar-refractivity contribution >= 4 is 6.08 Å². The zero-order valence-corrected chi connectivity index (χ0v) is 22.6.